The van der Waals surface area contributed by atoms with Gasteiger partial charge in [-0.25, -0.2) is 0 Å². The molecule has 4 heteroatoms. The van der Waals surface area contributed by atoms with Gasteiger partial charge in [-0.3, -0.25) is 0 Å². The van der Waals surface area contributed by atoms with E-state index < -0.39 is 6.10 Å². The Bertz CT molecular complexity index is 930. The van der Waals surface area contributed by atoms with Crippen molar-refractivity contribution in [2.75, 3.05) is 39.3 Å². The van der Waals surface area contributed by atoms with Crippen LogP contribution < -0.4 is 14.5 Å². The molecule has 3 N–H and O–H groups in total. The predicted octanol–water partition coefficient (Wildman–Crippen LogP) is 1.62. The van der Waals surface area contributed by atoms with Crippen molar-refractivity contribution >= 4 is 0 Å². The van der Waals surface area contributed by atoms with Crippen molar-refractivity contribution in [2.24, 2.45) is 0 Å². The summed E-state index contributed by atoms with van der Waals surface area (Å²) >= 11 is 0. The first-order valence-corrected chi connectivity index (χ1v) is 11.8. The molecule has 0 radical (unpaired) electrons. The molecule has 3 aromatic rings. The smallest absolute Gasteiger partial charge is 0.139 e. The average Bonchev–Trinajstić information content (AvgIpc) is 2.81. The molecule has 1 saturated heterocycles. The van der Waals surface area contributed by atoms with Crippen LogP contribution in [0.5, 0.6) is 5.75 Å². The Kier molecular flexibility index (Phi) is 7.59. The monoisotopic (exact) mass is 432 g/mol. The lowest BCUT2D eigenvalue weighted by Crippen LogP contribution is -3.28. The maximum Gasteiger partial charge on any atom is 0.139 e. The van der Waals surface area contributed by atoms with Crippen molar-refractivity contribution in [1.29, 1.82) is 0 Å². The van der Waals surface area contributed by atoms with Gasteiger partial charge in [0.15, 0.2) is 0 Å². The number of hydrogen-bond donors (Lipinski definition) is 3. The van der Waals surface area contributed by atoms with E-state index in [9.17, 15) is 5.11 Å². The molecule has 1 fully saturated rings. The summed E-state index contributed by atoms with van der Waals surface area (Å²) in [5, 5.41) is 10.6. The average molecular weight is 433 g/mol. The molecule has 0 amide bonds. The van der Waals surface area contributed by atoms with Gasteiger partial charge < -0.3 is 19.6 Å². The summed E-state index contributed by atoms with van der Waals surface area (Å²) in [6.45, 7) is 9.52. The van der Waals surface area contributed by atoms with Crippen LogP contribution >= 0.6 is 0 Å². The van der Waals surface area contributed by atoms with Crippen LogP contribution in [0.15, 0.2) is 78.9 Å². The Labute approximate surface area is 192 Å². The van der Waals surface area contributed by atoms with E-state index in [1.165, 1.54) is 21.6 Å². The molecule has 1 aliphatic heterocycles. The van der Waals surface area contributed by atoms with Gasteiger partial charge in [-0.2, -0.15) is 0 Å². The van der Waals surface area contributed by atoms with Crippen LogP contribution in [0.25, 0.3) is 0 Å². The molecule has 4 rings (SSSR count). The molecular formula is C28H36N2O2+2. The third-order valence-electron chi connectivity index (χ3n) is 6.56. The van der Waals surface area contributed by atoms with Crippen molar-refractivity contribution in [3.05, 3.63) is 101 Å². The number of ether oxygens (including phenoxy) is 1. The van der Waals surface area contributed by atoms with Crippen LogP contribution in [0.1, 0.15) is 28.3 Å². The molecule has 0 saturated carbocycles. The first-order valence-electron chi connectivity index (χ1n) is 11.8. The van der Waals surface area contributed by atoms with Gasteiger partial charge in [-0.15, -0.1) is 0 Å². The SMILES string of the molecule is Cc1ccc(OC[C@H](O)C[NH+]2CC[NH+](C(c3ccccc3)c3ccccc3)CC2)c(C)c1. The predicted molar refractivity (Wildman–Crippen MR) is 128 cm³/mol. The quantitative estimate of drug-likeness (QED) is 0.506. The van der Waals surface area contributed by atoms with E-state index in [1.807, 2.05) is 6.07 Å². The largest absolute Gasteiger partial charge is 0.490 e. The Morgan fingerprint density at radius 3 is 1.97 bits per heavy atom. The number of benzene rings is 3. The van der Waals surface area contributed by atoms with Crippen LogP contribution in [-0.4, -0.2) is 50.5 Å². The van der Waals surface area contributed by atoms with Gasteiger partial charge in [0.1, 0.15) is 57.2 Å². The summed E-state index contributed by atoms with van der Waals surface area (Å²) in [6, 6.07) is 28.2. The summed E-state index contributed by atoms with van der Waals surface area (Å²) < 4.78 is 5.90. The molecule has 1 heterocycles. The van der Waals surface area contributed by atoms with Crippen molar-refractivity contribution in [3.63, 3.8) is 0 Å². The van der Waals surface area contributed by atoms with Crippen LogP contribution in [0, 0.1) is 13.8 Å². The lowest BCUT2D eigenvalue weighted by Gasteiger charge is -2.35. The Hall–Kier alpha value is -2.66. The highest BCUT2D eigenvalue weighted by molar-refractivity contribution is 5.35. The summed E-state index contributed by atoms with van der Waals surface area (Å²) in [5.74, 6) is 0.868. The lowest BCUT2D eigenvalue weighted by molar-refractivity contribution is -1.02. The van der Waals surface area contributed by atoms with E-state index in [0.717, 1.165) is 44.0 Å². The number of rotatable bonds is 8. The van der Waals surface area contributed by atoms with E-state index >= 15 is 0 Å². The standard InChI is InChI=1S/C28H34N2O2/c1-22-13-14-27(23(2)19-22)32-21-26(31)20-29-15-17-30(18-16-29)28(24-9-5-3-6-10-24)25-11-7-4-8-12-25/h3-14,19,26,28,31H,15-18,20-21H2,1-2H3/p+2/t26-/m1/s1. The van der Waals surface area contributed by atoms with Crippen molar-refractivity contribution in [1.82, 2.24) is 0 Å². The summed E-state index contributed by atoms with van der Waals surface area (Å²) in [7, 11) is 0. The van der Waals surface area contributed by atoms with Gasteiger partial charge in [0.2, 0.25) is 0 Å². The minimum Gasteiger partial charge on any atom is -0.490 e. The Morgan fingerprint density at radius 1 is 0.812 bits per heavy atom. The molecule has 168 valence electrons. The third kappa shape index (κ3) is 5.77. The van der Waals surface area contributed by atoms with Crippen molar-refractivity contribution < 1.29 is 19.6 Å². The molecule has 4 nitrogen and oxygen atoms in total. The van der Waals surface area contributed by atoms with E-state index in [-0.39, 0.29) is 0 Å². The summed E-state index contributed by atoms with van der Waals surface area (Å²) in [6.07, 6.45) is -0.453. The van der Waals surface area contributed by atoms with Crippen LogP contribution in [0.4, 0.5) is 0 Å². The zero-order valence-electron chi connectivity index (χ0n) is 19.3. The van der Waals surface area contributed by atoms with Crippen molar-refractivity contribution in [2.45, 2.75) is 26.0 Å². The molecule has 0 aromatic heterocycles. The number of hydrogen-bond acceptors (Lipinski definition) is 2. The molecule has 0 bridgehead atoms. The molecule has 0 spiro atoms. The van der Waals surface area contributed by atoms with Crippen LogP contribution in [-0.2, 0) is 0 Å². The molecule has 0 aliphatic carbocycles. The maximum absolute atomic E-state index is 10.6. The van der Waals surface area contributed by atoms with Crippen LogP contribution in [0.3, 0.4) is 0 Å². The van der Waals surface area contributed by atoms with Gasteiger partial charge in [-0.1, -0.05) is 78.4 Å². The lowest BCUT2D eigenvalue weighted by atomic mass is 9.96. The summed E-state index contributed by atoms with van der Waals surface area (Å²) in [4.78, 5) is 3.07. The Morgan fingerprint density at radius 2 is 1.41 bits per heavy atom. The van der Waals surface area contributed by atoms with Gasteiger partial charge in [0.25, 0.3) is 0 Å². The van der Waals surface area contributed by atoms with E-state index in [0.29, 0.717) is 12.6 Å². The first kappa shape index (κ1) is 22.5. The summed E-state index contributed by atoms with van der Waals surface area (Å²) in [5.41, 5.74) is 5.09. The molecule has 32 heavy (non-hydrogen) atoms. The number of aryl methyl sites for hydroxylation is 2. The number of piperazine rings is 1. The molecule has 1 aliphatic rings. The number of nitrogens with one attached hydrogen (secondary N) is 2. The minimum absolute atomic E-state index is 0.348. The van der Waals surface area contributed by atoms with Gasteiger partial charge in [0.05, 0.1) is 0 Å². The molecule has 0 unspecified atom stereocenters. The number of aliphatic hydroxyl groups excluding tert-OH is 1. The minimum atomic E-state index is -0.453. The van der Waals surface area contributed by atoms with Gasteiger partial charge in [0, 0.05) is 11.1 Å². The fourth-order valence-corrected chi connectivity index (χ4v) is 4.91. The molecule has 1 atom stereocenters. The van der Waals surface area contributed by atoms with E-state index in [4.69, 9.17) is 4.74 Å². The Balaban J connectivity index is 1.32. The fraction of sp³-hybridized carbons (Fsp3) is 0.357. The zero-order valence-corrected chi connectivity index (χ0v) is 19.3. The topological polar surface area (TPSA) is 38.3 Å². The molecule has 3 aromatic carbocycles. The number of aliphatic hydroxyl groups is 1. The highest BCUT2D eigenvalue weighted by atomic mass is 16.5. The third-order valence-corrected chi connectivity index (χ3v) is 6.56. The number of quaternary nitrogens is 2. The molecular weight excluding hydrogens is 396 g/mol. The second-order valence-electron chi connectivity index (χ2n) is 9.10. The fourth-order valence-electron chi connectivity index (χ4n) is 4.91. The second kappa shape index (κ2) is 10.8. The second-order valence-corrected chi connectivity index (χ2v) is 9.10. The normalized spacial score (nSPS) is 19.6. The van der Waals surface area contributed by atoms with Crippen molar-refractivity contribution in [3.8, 4) is 5.75 Å². The van der Waals surface area contributed by atoms with E-state index in [2.05, 4.69) is 86.6 Å². The van der Waals surface area contributed by atoms with Gasteiger partial charge >= 0.3 is 0 Å². The maximum atomic E-state index is 10.6. The highest BCUT2D eigenvalue weighted by Gasteiger charge is 2.32. The van der Waals surface area contributed by atoms with Crippen LogP contribution in [0.2, 0.25) is 0 Å². The first-order chi connectivity index (χ1) is 15.6. The highest BCUT2D eigenvalue weighted by Crippen LogP contribution is 2.19. The zero-order chi connectivity index (χ0) is 22.3. The van der Waals surface area contributed by atoms with Gasteiger partial charge in [-0.05, 0) is 25.5 Å². The van der Waals surface area contributed by atoms with E-state index in [1.54, 1.807) is 4.90 Å².